The highest BCUT2D eigenvalue weighted by atomic mass is 15.3. The molecule has 0 amide bonds. The molecule has 2 rings (SSSR count). The average Bonchev–Trinajstić information content (AvgIpc) is 2.84. The summed E-state index contributed by atoms with van der Waals surface area (Å²) in [6.07, 6.45) is 7.20. The van der Waals surface area contributed by atoms with Crippen LogP contribution in [0.2, 0.25) is 0 Å². The van der Waals surface area contributed by atoms with Gasteiger partial charge in [0, 0.05) is 24.2 Å². The molecule has 0 saturated carbocycles. The quantitative estimate of drug-likeness (QED) is 0.914. The molecule has 1 N–H and O–H groups in total. The fourth-order valence-corrected chi connectivity index (χ4v) is 3.71. The van der Waals surface area contributed by atoms with Gasteiger partial charge in [0.25, 0.3) is 0 Å². The van der Waals surface area contributed by atoms with Crippen molar-refractivity contribution < 1.29 is 0 Å². The lowest BCUT2D eigenvalue weighted by atomic mass is 9.79. The standard InChI is InChI=1S/C17H31N3/c1-13(2)10-17(8-7-9-18-17)11-14-12-20(6)19-15(14)16(3,4)5/h12-13,18H,7-11H2,1-6H3. The van der Waals surface area contributed by atoms with E-state index in [4.69, 9.17) is 5.10 Å². The van der Waals surface area contributed by atoms with Gasteiger partial charge in [-0.2, -0.15) is 5.10 Å². The normalized spacial score (nSPS) is 23.8. The first-order valence-electron chi connectivity index (χ1n) is 8.00. The molecule has 0 radical (unpaired) electrons. The van der Waals surface area contributed by atoms with Gasteiger partial charge in [0.15, 0.2) is 0 Å². The molecule has 1 fully saturated rings. The minimum atomic E-state index is 0.119. The van der Waals surface area contributed by atoms with Crippen molar-refractivity contribution in [3.05, 3.63) is 17.5 Å². The summed E-state index contributed by atoms with van der Waals surface area (Å²) in [5, 5.41) is 8.52. The Bertz CT molecular complexity index is 445. The van der Waals surface area contributed by atoms with Crippen LogP contribution in [0.25, 0.3) is 0 Å². The lowest BCUT2D eigenvalue weighted by Gasteiger charge is -2.32. The Kier molecular flexibility index (Phi) is 4.29. The maximum atomic E-state index is 4.72. The van der Waals surface area contributed by atoms with E-state index in [-0.39, 0.29) is 11.0 Å². The molecule has 1 aromatic heterocycles. The van der Waals surface area contributed by atoms with E-state index in [1.54, 1.807) is 0 Å². The monoisotopic (exact) mass is 277 g/mol. The maximum Gasteiger partial charge on any atom is 0.0710 e. The average molecular weight is 277 g/mol. The van der Waals surface area contributed by atoms with E-state index in [1.165, 1.54) is 30.5 Å². The molecule has 1 aromatic rings. The molecule has 2 heterocycles. The van der Waals surface area contributed by atoms with Crippen LogP contribution >= 0.6 is 0 Å². The fourth-order valence-electron chi connectivity index (χ4n) is 3.71. The number of hydrogen-bond donors (Lipinski definition) is 1. The minimum absolute atomic E-state index is 0.119. The van der Waals surface area contributed by atoms with Crippen LogP contribution in [0.4, 0.5) is 0 Å². The van der Waals surface area contributed by atoms with Crippen LogP contribution in [0.15, 0.2) is 6.20 Å². The van der Waals surface area contributed by atoms with Gasteiger partial charge in [-0.1, -0.05) is 34.6 Å². The lowest BCUT2D eigenvalue weighted by Crippen LogP contribution is -2.43. The molecule has 3 nitrogen and oxygen atoms in total. The highest BCUT2D eigenvalue weighted by Crippen LogP contribution is 2.34. The SMILES string of the molecule is CC(C)CC1(Cc2cn(C)nc2C(C)(C)C)CCCN1. The predicted molar refractivity (Wildman–Crippen MR) is 85.0 cm³/mol. The summed E-state index contributed by atoms with van der Waals surface area (Å²) in [4.78, 5) is 0. The molecule has 0 spiro atoms. The zero-order chi connectivity index (χ0) is 15.0. The van der Waals surface area contributed by atoms with E-state index in [9.17, 15) is 0 Å². The second-order valence-electron chi connectivity index (χ2n) is 8.01. The smallest absolute Gasteiger partial charge is 0.0710 e. The van der Waals surface area contributed by atoms with Gasteiger partial charge in [-0.05, 0) is 43.7 Å². The molecule has 1 aliphatic heterocycles. The van der Waals surface area contributed by atoms with E-state index < -0.39 is 0 Å². The summed E-state index contributed by atoms with van der Waals surface area (Å²) in [5.41, 5.74) is 3.10. The van der Waals surface area contributed by atoms with E-state index in [0.29, 0.717) is 0 Å². The molecular formula is C17H31N3. The Morgan fingerprint density at radius 2 is 2.10 bits per heavy atom. The first kappa shape index (κ1) is 15.6. The Hall–Kier alpha value is -0.830. The summed E-state index contributed by atoms with van der Waals surface area (Å²) < 4.78 is 1.98. The first-order valence-corrected chi connectivity index (χ1v) is 8.00. The summed E-state index contributed by atoms with van der Waals surface area (Å²) in [7, 11) is 2.04. The van der Waals surface area contributed by atoms with E-state index in [0.717, 1.165) is 18.9 Å². The van der Waals surface area contributed by atoms with E-state index in [2.05, 4.69) is 46.1 Å². The third-order valence-corrected chi connectivity index (χ3v) is 4.27. The zero-order valence-electron chi connectivity index (χ0n) is 14.1. The van der Waals surface area contributed by atoms with Crippen LogP contribution in [0.3, 0.4) is 0 Å². The third-order valence-electron chi connectivity index (χ3n) is 4.27. The van der Waals surface area contributed by atoms with Crippen LogP contribution in [0, 0.1) is 5.92 Å². The number of nitrogens with one attached hydrogen (secondary N) is 1. The summed E-state index contributed by atoms with van der Waals surface area (Å²) in [6, 6.07) is 0. The van der Waals surface area contributed by atoms with Gasteiger partial charge < -0.3 is 5.32 Å². The fraction of sp³-hybridized carbons (Fsp3) is 0.824. The summed E-state index contributed by atoms with van der Waals surface area (Å²) in [6.45, 7) is 12.6. The molecular weight excluding hydrogens is 246 g/mol. The number of aryl methyl sites for hydroxylation is 1. The molecule has 1 unspecified atom stereocenters. The molecule has 0 aliphatic carbocycles. The van der Waals surface area contributed by atoms with Crippen molar-refractivity contribution >= 4 is 0 Å². The Morgan fingerprint density at radius 1 is 1.40 bits per heavy atom. The van der Waals surface area contributed by atoms with Crippen LogP contribution in [-0.2, 0) is 18.9 Å². The second kappa shape index (κ2) is 5.51. The third kappa shape index (κ3) is 3.43. The zero-order valence-corrected chi connectivity index (χ0v) is 14.1. The maximum absolute atomic E-state index is 4.72. The van der Waals surface area contributed by atoms with Gasteiger partial charge in [-0.3, -0.25) is 4.68 Å². The van der Waals surface area contributed by atoms with Crippen LogP contribution in [0.5, 0.6) is 0 Å². The van der Waals surface area contributed by atoms with E-state index in [1.807, 2.05) is 11.7 Å². The highest BCUT2D eigenvalue weighted by molar-refractivity contribution is 5.26. The van der Waals surface area contributed by atoms with Crippen LogP contribution in [0.1, 0.15) is 65.1 Å². The molecule has 114 valence electrons. The van der Waals surface area contributed by atoms with Crippen molar-refractivity contribution in [3.8, 4) is 0 Å². The number of nitrogens with zero attached hydrogens (tertiary/aromatic N) is 2. The topological polar surface area (TPSA) is 29.9 Å². The van der Waals surface area contributed by atoms with Crippen molar-refractivity contribution in [2.45, 2.75) is 71.3 Å². The summed E-state index contributed by atoms with van der Waals surface area (Å²) in [5.74, 6) is 0.732. The molecule has 1 aliphatic rings. The van der Waals surface area contributed by atoms with Gasteiger partial charge in [-0.25, -0.2) is 0 Å². The molecule has 1 saturated heterocycles. The Labute approximate surface area is 124 Å². The van der Waals surface area contributed by atoms with Gasteiger partial charge >= 0.3 is 0 Å². The second-order valence-corrected chi connectivity index (χ2v) is 8.01. The van der Waals surface area contributed by atoms with Crippen LogP contribution in [-0.4, -0.2) is 21.9 Å². The first-order chi connectivity index (χ1) is 9.22. The largest absolute Gasteiger partial charge is 0.311 e. The predicted octanol–water partition coefficient (Wildman–Crippen LogP) is 3.43. The van der Waals surface area contributed by atoms with Crippen LogP contribution < -0.4 is 5.32 Å². The van der Waals surface area contributed by atoms with Crippen molar-refractivity contribution in [3.63, 3.8) is 0 Å². The van der Waals surface area contributed by atoms with Gasteiger partial charge in [-0.15, -0.1) is 0 Å². The van der Waals surface area contributed by atoms with Gasteiger partial charge in [0.05, 0.1) is 5.69 Å². The molecule has 0 aromatic carbocycles. The van der Waals surface area contributed by atoms with Crippen molar-refractivity contribution in [1.82, 2.24) is 15.1 Å². The number of aromatic nitrogens is 2. The highest BCUT2D eigenvalue weighted by Gasteiger charge is 2.36. The number of rotatable bonds is 4. The van der Waals surface area contributed by atoms with Gasteiger partial charge in [0.1, 0.15) is 0 Å². The Balaban J connectivity index is 2.27. The Morgan fingerprint density at radius 3 is 2.60 bits per heavy atom. The van der Waals surface area contributed by atoms with Crippen molar-refractivity contribution in [2.75, 3.05) is 6.54 Å². The molecule has 1 atom stereocenters. The molecule has 20 heavy (non-hydrogen) atoms. The van der Waals surface area contributed by atoms with Gasteiger partial charge in [0.2, 0.25) is 0 Å². The van der Waals surface area contributed by atoms with E-state index >= 15 is 0 Å². The summed E-state index contributed by atoms with van der Waals surface area (Å²) >= 11 is 0. The lowest BCUT2D eigenvalue weighted by molar-refractivity contribution is 0.300. The molecule has 3 heteroatoms. The van der Waals surface area contributed by atoms with Crippen molar-refractivity contribution in [1.29, 1.82) is 0 Å². The number of hydrogen-bond acceptors (Lipinski definition) is 2. The minimum Gasteiger partial charge on any atom is -0.311 e. The van der Waals surface area contributed by atoms with Crippen molar-refractivity contribution in [2.24, 2.45) is 13.0 Å². The molecule has 0 bridgehead atoms.